The number of unbranched alkanes of at least 4 members (excludes halogenated alkanes) is 1. The number of rotatable bonds is 9. The van der Waals surface area contributed by atoms with Gasteiger partial charge < -0.3 is 15.4 Å². The van der Waals surface area contributed by atoms with Crippen LogP contribution in [0.1, 0.15) is 44.4 Å². The van der Waals surface area contributed by atoms with E-state index in [1.165, 1.54) is 0 Å². The molecule has 0 aliphatic carbocycles. The lowest BCUT2D eigenvalue weighted by Gasteiger charge is -2.03. The number of allylic oxidation sites excluding steroid dienone is 3. The number of hydrogen-bond acceptors (Lipinski definition) is 4. The Kier molecular flexibility index (Phi) is 8.15. The Hall–Kier alpha value is -1.81. The molecule has 4 heteroatoms. The number of oxime groups is 1. The van der Waals surface area contributed by atoms with Crippen molar-refractivity contribution >= 4 is 6.21 Å². The van der Waals surface area contributed by atoms with Gasteiger partial charge in [-0.3, -0.25) is 0 Å². The third kappa shape index (κ3) is 6.95. The molecular formula is C16H24N2O2. The highest BCUT2D eigenvalue weighted by Crippen LogP contribution is 2.14. The summed E-state index contributed by atoms with van der Waals surface area (Å²) in [6.45, 7) is 2.01. The second-order valence-corrected chi connectivity index (χ2v) is 4.86. The summed E-state index contributed by atoms with van der Waals surface area (Å²) in [5.41, 5.74) is 5.97. The van der Waals surface area contributed by atoms with E-state index in [-0.39, 0.29) is 12.0 Å². The average Bonchev–Trinajstić information content (AvgIpc) is 2.96. The molecule has 1 heterocycles. The van der Waals surface area contributed by atoms with Gasteiger partial charge in [0.25, 0.3) is 0 Å². The number of hydrogen-bond donors (Lipinski definition) is 2. The molecule has 0 aliphatic heterocycles. The molecular weight excluding hydrogens is 252 g/mol. The summed E-state index contributed by atoms with van der Waals surface area (Å²) in [5, 5.41) is 11.4. The maximum atomic E-state index is 8.37. The third-order valence-corrected chi connectivity index (χ3v) is 2.96. The summed E-state index contributed by atoms with van der Waals surface area (Å²) in [6.07, 6.45) is 15.4. The minimum absolute atomic E-state index is 0.0598. The van der Waals surface area contributed by atoms with Gasteiger partial charge in [0.05, 0.1) is 12.3 Å². The minimum atomic E-state index is -0.0598. The van der Waals surface area contributed by atoms with Crippen LogP contribution in [0, 0.1) is 5.92 Å². The summed E-state index contributed by atoms with van der Waals surface area (Å²) in [5.74, 6) is 1.10. The molecule has 0 aromatic carbocycles. The predicted octanol–water partition coefficient (Wildman–Crippen LogP) is 4.05. The van der Waals surface area contributed by atoms with Crippen LogP contribution < -0.4 is 5.73 Å². The van der Waals surface area contributed by atoms with Gasteiger partial charge in [-0.05, 0) is 43.7 Å². The molecule has 0 saturated carbocycles. The van der Waals surface area contributed by atoms with Crippen molar-refractivity contribution in [3.63, 3.8) is 0 Å². The Bertz CT molecular complexity index is 422. The first-order valence-corrected chi connectivity index (χ1v) is 7.00. The molecule has 1 rings (SSSR count). The smallest absolute Gasteiger partial charge is 0.120 e. The van der Waals surface area contributed by atoms with Gasteiger partial charge in [0.15, 0.2) is 0 Å². The lowest BCUT2D eigenvalue weighted by atomic mass is 10.1. The highest BCUT2D eigenvalue weighted by atomic mass is 16.4. The molecule has 4 nitrogen and oxygen atoms in total. The first kappa shape index (κ1) is 16.2. The number of nitrogens with two attached hydrogens (primary N) is 1. The lowest BCUT2D eigenvalue weighted by molar-refractivity contribution is 0.318. The van der Waals surface area contributed by atoms with Crippen LogP contribution in [0.25, 0.3) is 0 Å². The molecule has 3 N–H and O–H groups in total. The Labute approximate surface area is 120 Å². The van der Waals surface area contributed by atoms with Crippen LogP contribution in [0.4, 0.5) is 0 Å². The Morgan fingerprint density at radius 1 is 1.25 bits per heavy atom. The van der Waals surface area contributed by atoms with Crippen molar-refractivity contribution in [2.45, 2.75) is 38.6 Å². The summed E-state index contributed by atoms with van der Waals surface area (Å²) in [4.78, 5) is 0. The van der Waals surface area contributed by atoms with Crippen LogP contribution in [-0.2, 0) is 0 Å². The van der Waals surface area contributed by atoms with Crippen molar-refractivity contribution in [1.82, 2.24) is 0 Å². The molecule has 2 atom stereocenters. The van der Waals surface area contributed by atoms with E-state index in [9.17, 15) is 0 Å². The van der Waals surface area contributed by atoms with Crippen LogP contribution in [0.3, 0.4) is 0 Å². The van der Waals surface area contributed by atoms with E-state index >= 15 is 0 Å². The van der Waals surface area contributed by atoms with E-state index in [1.54, 1.807) is 12.5 Å². The molecule has 110 valence electrons. The topological polar surface area (TPSA) is 71.8 Å². The van der Waals surface area contributed by atoms with E-state index < -0.39 is 0 Å². The zero-order valence-corrected chi connectivity index (χ0v) is 12.0. The number of furan rings is 1. The minimum Gasteiger partial charge on any atom is -0.468 e. The van der Waals surface area contributed by atoms with Crippen LogP contribution in [0.2, 0.25) is 0 Å². The second-order valence-electron chi connectivity index (χ2n) is 4.86. The molecule has 1 aromatic rings. The molecule has 0 saturated heterocycles. The van der Waals surface area contributed by atoms with Gasteiger partial charge in [-0.25, -0.2) is 0 Å². The molecule has 0 aliphatic rings. The van der Waals surface area contributed by atoms with Crippen LogP contribution in [-0.4, -0.2) is 11.4 Å². The standard InChI is InChI=1S/C16H24N2O2/c1-14(13-18-19)9-6-4-2-3-5-7-10-15(17)16-11-8-12-20-16/h4-8,11-15,19H,2-3,9-10,17H2,1H3/b6-4+,7-5+,18-13+. The summed E-state index contributed by atoms with van der Waals surface area (Å²) >= 11 is 0. The molecule has 0 radical (unpaired) electrons. The maximum absolute atomic E-state index is 8.37. The van der Waals surface area contributed by atoms with Crippen LogP contribution >= 0.6 is 0 Å². The zero-order chi connectivity index (χ0) is 14.6. The summed E-state index contributed by atoms with van der Waals surface area (Å²) < 4.78 is 5.25. The second kappa shape index (κ2) is 10.0. The van der Waals surface area contributed by atoms with Crippen molar-refractivity contribution < 1.29 is 9.62 Å². The van der Waals surface area contributed by atoms with E-state index in [0.717, 1.165) is 31.4 Å². The Balaban J connectivity index is 2.09. The molecule has 2 unspecified atom stereocenters. The molecule has 0 fully saturated rings. The van der Waals surface area contributed by atoms with Gasteiger partial charge in [-0.2, -0.15) is 0 Å². The van der Waals surface area contributed by atoms with Crippen molar-refractivity contribution in [3.8, 4) is 0 Å². The fourth-order valence-electron chi connectivity index (χ4n) is 1.77. The summed E-state index contributed by atoms with van der Waals surface area (Å²) in [7, 11) is 0. The van der Waals surface area contributed by atoms with Crippen molar-refractivity contribution in [3.05, 3.63) is 48.5 Å². The van der Waals surface area contributed by atoms with Crippen molar-refractivity contribution in [1.29, 1.82) is 0 Å². The third-order valence-electron chi connectivity index (χ3n) is 2.96. The molecule has 20 heavy (non-hydrogen) atoms. The first-order valence-electron chi connectivity index (χ1n) is 7.00. The van der Waals surface area contributed by atoms with Crippen molar-refractivity contribution in [2.24, 2.45) is 16.8 Å². The number of nitrogens with zero attached hydrogens (tertiary/aromatic N) is 1. The molecule has 1 aromatic heterocycles. The molecule has 0 spiro atoms. The highest BCUT2D eigenvalue weighted by molar-refractivity contribution is 5.59. The monoisotopic (exact) mass is 276 g/mol. The van der Waals surface area contributed by atoms with Gasteiger partial charge in [0.2, 0.25) is 0 Å². The van der Waals surface area contributed by atoms with Crippen molar-refractivity contribution in [2.75, 3.05) is 0 Å². The quantitative estimate of drug-likeness (QED) is 0.235. The lowest BCUT2D eigenvalue weighted by Crippen LogP contribution is -2.07. The Morgan fingerprint density at radius 3 is 2.55 bits per heavy atom. The fraction of sp³-hybridized carbons (Fsp3) is 0.438. The van der Waals surface area contributed by atoms with E-state index in [4.69, 9.17) is 15.4 Å². The highest BCUT2D eigenvalue weighted by Gasteiger charge is 2.05. The largest absolute Gasteiger partial charge is 0.468 e. The van der Waals surface area contributed by atoms with Gasteiger partial charge >= 0.3 is 0 Å². The van der Waals surface area contributed by atoms with Gasteiger partial charge in [-0.1, -0.05) is 31.2 Å². The SMILES string of the molecule is CC(/C=N/O)C/C=C/CC/C=C/CC(N)c1ccco1. The van der Waals surface area contributed by atoms with Crippen LogP contribution in [0.5, 0.6) is 0 Å². The normalized spacial score (nSPS) is 15.5. The average molecular weight is 276 g/mol. The Morgan fingerprint density at radius 2 is 1.95 bits per heavy atom. The summed E-state index contributed by atoms with van der Waals surface area (Å²) in [6, 6.07) is 3.69. The zero-order valence-electron chi connectivity index (χ0n) is 12.0. The van der Waals surface area contributed by atoms with Gasteiger partial charge in [-0.15, -0.1) is 5.16 Å². The van der Waals surface area contributed by atoms with E-state index in [2.05, 4.69) is 29.5 Å². The van der Waals surface area contributed by atoms with E-state index in [0.29, 0.717) is 0 Å². The molecule has 0 amide bonds. The van der Waals surface area contributed by atoms with Gasteiger partial charge in [0.1, 0.15) is 5.76 Å². The molecule has 0 bridgehead atoms. The van der Waals surface area contributed by atoms with Crippen LogP contribution in [0.15, 0.2) is 52.3 Å². The predicted molar refractivity (Wildman–Crippen MR) is 81.8 cm³/mol. The first-order chi connectivity index (χ1) is 9.74. The maximum Gasteiger partial charge on any atom is 0.120 e. The van der Waals surface area contributed by atoms with Gasteiger partial charge in [0, 0.05) is 6.21 Å². The fourth-order valence-corrected chi connectivity index (χ4v) is 1.77. The van der Waals surface area contributed by atoms with E-state index in [1.807, 2.05) is 19.1 Å².